The zero-order valence-corrected chi connectivity index (χ0v) is 36.0. The summed E-state index contributed by atoms with van der Waals surface area (Å²) in [5.41, 5.74) is 3.95. The first-order valence-corrected chi connectivity index (χ1v) is 22.0. The Kier molecular flexibility index (Phi) is 20.7. The molecule has 6 atom stereocenters. The lowest BCUT2D eigenvalue weighted by Crippen LogP contribution is -2.61. The minimum Gasteiger partial charge on any atom is -0.468 e. The van der Waals surface area contributed by atoms with Gasteiger partial charge in [-0.05, 0) is 53.2 Å². The molecule has 330 valence electrons. The molecule has 3 amide bonds. The number of rotatable bonds is 25. The SMILES string of the molecule is COC(=O)CNC(=O)[C@H](CCSC)NC(=O)CNC(=O)/C=C/C[C@H]1O[C@H](COCc2ccccc2)[C@H](OCc2ccccc2)[C@H](OCc2ccccc2)[C@H]1OCc1ccccc1. The summed E-state index contributed by atoms with van der Waals surface area (Å²) in [4.78, 5) is 50.2. The molecular weight excluding hydrogens is 811 g/mol. The van der Waals surface area contributed by atoms with Crippen molar-refractivity contribution in [1.82, 2.24) is 16.0 Å². The van der Waals surface area contributed by atoms with E-state index in [1.54, 1.807) is 6.08 Å². The lowest BCUT2D eigenvalue weighted by Gasteiger charge is -2.46. The monoisotopic (exact) mass is 867 g/mol. The molecule has 62 heavy (non-hydrogen) atoms. The predicted molar refractivity (Wildman–Crippen MR) is 237 cm³/mol. The van der Waals surface area contributed by atoms with E-state index in [1.807, 2.05) is 128 Å². The van der Waals surface area contributed by atoms with Gasteiger partial charge in [-0.2, -0.15) is 11.8 Å². The highest BCUT2D eigenvalue weighted by molar-refractivity contribution is 7.98. The maximum Gasteiger partial charge on any atom is 0.325 e. The molecule has 0 bridgehead atoms. The summed E-state index contributed by atoms with van der Waals surface area (Å²) in [7, 11) is 1.22. The molecule has 14 heteroatoms. The predicted octanol–water partition coefficient (Wildman–Crippen LogP) is 5.32. The first-order valence-electron chi connectivity index (χ1n) is 20.6. The Balaban J connectivity index is 1.33. The molecule has 4 aromatic carbocycles. The van der Waals surface area contributed by atoms with Gasteiger partial charge in [0.25, 0.3) is 0 Å². The molecule has 1 saturated heterocycles. The number of carbonyl (C=O) groups is 4. The van der Waals surface area contributed by atoms with Gasteiger partial charge in [-0.1, -0.05) is 127 Å². The number of carbonyl (C=O) groups excluding carboxylic acids is 4. The average molecular weight is 868 g/mol. The minimum absolute atomic E-state index is 0.194. The molecule has 13 nitrogen and oxygen atoms in total. The number of thioether (sulfide) groups is 1. The second kappa shape index (κ2) is 26.9. The lowest BCUT2D eigenvalue weighted by molar-refractivity contribution is -0.271. The van der Waals surface area contributed by atoms with E-state index in [4.69, 9.17) is 23.7 Å². The summed E-state index contributed by atoms with van der Waals surface area (Å²) < 4.78 is 38.0. The van der Waals surface area contributed by atoms with Crippen LogP contribution >= 0.6 is 11.8 Å². The van der Waals surface area contributed by atoms with Crippen LogP contribution in [0.4, 0.5) is 0 Å². The Morgan fingerprint density at radius 3 is 1.68 bits per heavy atom. The number of hydrogen-bond acceptors (Lipinski definition) is 11. The molecule has 1 heterocycles. The van der Waals surface area contributed by atoms with Gasteiger partial charge < -0.3 is 44.4 Å². The second-order valence-corrected chi connectivity index (χ2v) is 15.5. The second-order valence-electron chi connectivity index (χ2n) is 14.5. The number of ether oxygens (including phenoxy) is 6. The van der Waals surface area contributed by atoms with Gasteiger partial charge in [0.15, 0.2) is 0 Å². The molecule has 1 aliphatic rings. The summed E-state index contributed by atoms with van der Waals surface area (Å²) in [6.07, 6.45) is 2.42. The fourth-order valence-corrected chi connectivity index (χ4v) is 7.19. The van der Waals surface area contributed by atoms with Crippen molar-refractivity contribution in [3.63, 3.8) is 0 Å². The van der Waals surface area contributed by atoms with E-state index in [9.17, 15) is 19.2 Å². The quantitative estimate of drug-likeness (QED) is 0.0585. The smallest absolute Gasteiger partial charge is 0.325 e. The van der Waals surface area contributed by atoms with Crippen molar-refractivity contribution in [3.05, 3.63) is 156 Å². The van der Waals surface area contributed by atoms with Crippen LogP contribution in [0.3, 0.4) is 0 Å². The van der Waals surface area contributed by atoms with Crippen LogP contribution in [0.5, 0.6) is 0 Å². The van der Waals surface area contributed by atoms with Gasteiger partial charge in [0, 0.05) is 0 Å². The van der Waals surface area contributed by atoms with Gasteiger partial charge in [-0.15, -0.1) is 0 Å². The van der Waals surface area contributed by atoms with Crippen molar-refractivity contribution in [2.75, 3.05) is 38.8 Å². The van der Waals surface area contributed by atoms with Crippen LogP contribution in [0.2, 0.25) is 0 Å². The first-order chi connectivity index (χ1) is 30.3. The highest BCUT2D eigenvalue weighted by Gasteiger charge is 2.48. The molecular formula is C48H57N3O10S. The summed E-state index contributed by atoms with van der Waals surface area (Å²) in [6, 6.07) is 38.6. The summed E-state index contributed by atoms with van der Waals surface area (Å²) in [5, 5.41) is 7.71. The van der Waals surface area contributed by atoms with Crippen molar-refractivity contribution in [2.24, 2.45) is 0 Å². The summed E-state index contributed by atoms with van der Waals surface area (Å²) in [6.45, 7) is 0.725. The van der Waals surface area contributed by atoms with E-state index in [1.165, 1.54) is 24.9 Å². The third-order valence-corrected chi connectivity index (χ3v) is 10.6. The van der Waals surface area contributed by atoms with E-state index < -0.39 is 60.3 Å². The van der Waals surface area contributed by atoms with Gasteiger partial charge in [0.2, 0.25) is 17.7 Å². The largest absolute Gasteiger partial charge is 0.468 e. The molecule has 0 aliphatic carbocycles. The van der Waals surface area contributed by atoms with Crippen molar-refractivity contribution in [1.29, 1.82) is 0 Å². The Bertz CT molecular complexity index is 1960. The zero-order chi connectivity index (χ0) is 43.8. The van der Waals surface area contributed by atoms with E-state index in [0.29, 0.717) is 25.4 Å². The van der Waals surface area contributed by atoms with E-state index in [2.05, 4.69) is 20.7 Å². The molecule has 3 N–H and O–H groups in total. The summed E-state index contributed by atoms with van der Waals surface area (Å²) in [5.74, 6) is -1.63. The third kappa shape index (κ3) is 16.5. The normalized spacial score (nSPS) is 19.0. The Labute approximate surface area is 368 Å². The fourth-order valence-electron chi connectivity index (χ4n) is 6.71. The van der Waals surface area contributed by atoms with Crippen LogP contribution in [0.1, 0.15) is 35.1 Å². The average Bonchev–Trinajstić information content (AvgIpc) is 3.31. The van der Waals surface area contributed by atoms with Crippen LogP contribution < -0.4 is 16.0 Å². The fraction of sp³-hybridized carbons (Fsp3) is 0.375. The Morgan fingerprint density at radius 1 is 0.661 bits per heavy atom. The van der Waals surface area contributed by atoms with Crippen LogP contribution in [0, 0.1) is 0 Å². The van der Waals surface area contributed by atoms with Gasteiger partial charge in [-0.25, -0.2) is 0 Å². The Hall–Kier alpha value is -5.35. The van der Waals surface area contributed by atoms with Gasteiger partial charge in [0.1, 0.15) is 37.0 Å². The van der Waals surface area contributed by atoms with Gasteiger partial charge >= 0.3 is 5.97 Å². The van der Waals surface area contributed by atoms with E-state index in [0.717, 1.165) is 22.3 Å². The number of benzene rings is 4. The number of nitrogens with one attached hydrogen (secondary N) is 3. The summed E-state index contributed by atoms with van der Waals surface area (Å²) >= 11 is 1.51. The van der Waals surface area contributed by atoms with Crippen LogP contribution in [-0.2, 0) is 74.0 Å². The van der Waals surface area contributed by atoms with Crippen LogP contribution in [0.15, 0.2) is 133 Å². The standard InChI is InChI=1S/C48H57N3O10S/c1-56-44(54)29-50-48(55)39(26-27-62-2)51-43(53)28-49-42(52)25-15-24-40-45(58-31-36-18-9-4-10-19-36)47(60-33-38-22-13-6-14-23-38)46(59-32-37-20-11-5-12-21-37)41(61-40)34-57-30-35-16-7-3-8-17-35/h3-23,25,39-41,45-47H,24,26-34H2,1-2H3,(H,49,52)(H,50,55)(H,51,53)/b25-15+/t39-,40+,41+,45-,46-,47+/m0/s1. The first kappa shape index (κ1) is 47.7. The Morgan fingerprint density at radius 2 is 1.16 bits per heavy atom. The molecule has 0 radical (unpaired) electrons. The van der Waals surface area contributed by atoms with Crippen LogP contribution in [-0.4, -0.2) is 99.1 Å². The van der Waals surface area contributed by atoms with Crippen molar-refractivity contribution < 1.29 is 47.6 Å². The molecule has 5 rings (SSSR count). The van der Waals surface area contributed by atoms with Crippen molar-refractivity contribution in [3.8, 4) is 0 Å². The maximum atomic E-state index is 13.1. The molecule has 0 unspecified atom stereocenters. The van der Waals surface area contributed by atoms with Crippen molar-refractivity contribution in [2.45, 2.75) is 75.8 Å². The van der Waals surface area contributed by atoms with Crippen LogP contribution in [0.25, 0.3) is 0 Å². The zero-order valence-electron chi connectivity index (χ0n) is 35.2. The molecule has 0 aromatic heterocycles. The van der Waals surface area contributed by atoms with E-state index >= 15 is 0 Å². The molecule has 1 aliphatic heterocycles. The number of hydrogen-bond donors (Lipinski definition) is 3. The molecule has 0 spiro atoms. The lowest BCUT2D eigenvalue weighted by atomic mass is 9.92. The molecule has 1 fully saturated rings. The van der Waals surface area contributed by atoms with Crippen molar-refractivity contribution >= 4 is 35.5 Å². The highest BCUT2D eigenvalue weighted by atomic mass is 32.2. The number of amides is 3. The number of methoxy groups -OCH3 is 1. The highest BCUT2D eigenvalue weighted by Crippen LogP contribution is 2.32. The molecule has 0 saturated carbocycles. The topological polar surface area (TPSA) is 160 Å². The van der Waals surface area contributed by atoms with Gasteiger partial charge in [-0.3, -0.25) is 19.2 Å². The molecule has 4 aromatic rings. The maximum absolute atomic E-state index is 13.1. The number of esters is 1. The minimum atomic E-state index is -0.898. The third-order valence-electron chi connectivity index (χ3n) is 9.94. The van der Waals surface area contributed by atoms with Gasteiger partial charge in [0.05, 0.1) is 52.8 Å². The van der Waals surface area contributed by atoms with E-state index in [-0.39, 0.29) is 39.3 Å².